The first kappa shape index (κ1) is 13.5. The summed E-state index contributed by atoms with van der Waals surface area (Å²) in [5, 5.41) is 0.888. The molecule has 0 radical (unpaired) electrons. The molecule has 3 heterocycles. The van der Waals surface area contributed by atoms with Gasteiger partial charge in [-0.1, -0.05) is 0 Å². The van der Waals surface area contributed by atoms with Crippen LogP contribution in [0.3, 0.4) is 0 Å². The highest BCUT2D eigenvalue weighted by Crippen LogP contribution is 2.26. The summed E-state index contributed by atoms with van der Waals surface area (Å²) in [4.78, 5) is 20.9. The van der Waals surface area contributed by atoms with Crippen molar-refractivity contribution >= 4 is 17.7 Å². The van der Waals surface area contributed by atoms with E-state index in [0.29, 0.717) is 16.3 Å². The molecule has 3 aromatic heterocycles. The number of rotatable bonds is 4. The lowest BCUT2D eigenvalue weighted by atomic mass is 10.4. The molecule has 21 heavy (non-hydrogen) atoms. The van der Waals surface area contributed by atoms with Gasteiger partial charge in [-0.05, 0) is 13.8 Å². The molecule has 0 aliphatic heterocycles. The summed E-state index contributed by atoms with van der Waals surface area (Å²) in [7, 11) is 0. The van der Waals surface area contributed by atoms with Crippen LogP contribution >= 0.6 is 11.8 Å². The van der Waals surface area contributed by atoms with Crippen molar-refractivity contribution in [2.24, 2.45) is 5.84 Å². The molecule has 0 atom stereocenters. The fourth-order valence-electron chi connectivity index (χ4n) is 1.51. The van der Waals surface area contributed by atoms with Gasteiger partial charge >= 0.3 is 0 Å². The lowest BCUT2D eigenvalue weighted by Gasteiger charge is -2.05. The third-order valence-electron chi connectivity index (χ3n) is 2.66. The van der Waals surface area contributed by atoms with Crippen LogP contribution in [0.1, 0.15) is 11.5 Å². The number of nitrogens with zero attached hydrogens (tertiary/aromatic N) is 6. The summed E-state index contributed by atoms with van der Waals surface area (Å²) >= 11 is 1.19. The van der Waals surface area contributed by atoms with Crippen LogP contribution in [0.2, 0.25) is 0 Å². The summed E-state index contributed by atoms with van der Waals surface area (Å²) < 4.78 is 7.15. The van der Waals surface area contributed by atoms with Gasteiger partial charge in [-0.2, -0.15) is 15.0 Å². The van der Waals surface area contributed by atoms with Gasteiger partial charge in [0.1, 0.15) is 12.1 Å². The zero-order valence-electron chi connectivity index (χ0n) is 11.3. The van der Waals surface area contributed by atoms with Crippen LogP contribution in [0.4, 0.5) is 5.95 Å². The number of hydrogen-bond donors (Lipinski definition) is 2. The maximum absolute atomic E-state index is 5.50. The molecule has 10 heteroatoms. The summed E-state index contributed by atoms with van der Waals surface area (Å²) in [6, 6.07) is 0. The molecule has 3 aromatic rings. The minimum absolute atomic E-state index is 0.246. The van der Waals surface area contributed by atoms with Crippen molar-refractivity contribution in [3.8, 4) is 5.95 Å². The molecule has 0 saturated heterocycles. The van der Waals surface area contributed by atoms with Gasteiger partial charge in [0.15, 0.2) is 0 Å². The number of imidazole rings is 1. The van der Waals surface area contributed by atoms with Gasteiger partial charge in [0.05, 0.1) is 5.69 Å². The maximum Gasteiger partial charge on any atom is 0.264 e. The van der Waals surface area contributed by atoms with Gasteiger partial charge in [-0.3, -0.25) is 9.99 Å². The number of anilines is 1. The van der Waals surface area contributed by atoms with Crippen LogP contribution in [-0.2, 0) is 0 Å². The Hall–Kier alpha value is -2.46. The van der Waals surface area contributed by atoms with Crippen molar-refractivity contribution in [1.82, 2.24) is 29.5 Å². The molecule has 0 fully saturated rings. The number of hydrogen-bond acceptors (Lipinski definition) is 9. The van der Waals surface area contributed by atoms with Crippen molar-refractivity contribution in [2.45, 2.75) is 24.2 Å². The van der Waals surface area contributed by atoms with Crippen molar-refractivity contribution in [3.63, 3.8) is 0 Å². The predicted molar refractivity (Wildman–Crippen MR) is 74.9 cm³/mol. The number of aryl methyl sites for hydroxylation is 2. The van der Waals surface area contributed by atoms with Crippen molar-refractivity contribution in [1.29, 1.82) is 0 Å². The Morgan fingerprint density at radius 3 is 2.71 bits per heavy atom. The van der Waals surface area contributed by atoms with E-state index in [1.54, 1.807) is 23.3 Å². The Kier molecular flexibility index (Phi) is 3.54. The zero-order chi connectivity index (χ0) is 14.8. The smallest absolute Gasteiger partial charge is 0.264 e. The number of nitrogen functional groups attached to an aromatic ring is 1. The van der Waals surface area contributed by atoms with Crippen LogP contribution in [0.25, 0.3) is 5.95 Å². The molecule has 0 unspecified atom stereocenters. The fourth-order valence-corrected chi connectivity index (χ4v) is 2.28. The first-order valence-electron chi connectivity index (χ1n) is 5.98. The van der Waals surface area contributed by atoms with Gasteiger partial charge in [0, 0.05) is 24.2 Å². The second-order valence-corrected chi connectivity index (χ2v) is 5.00. The van der Waals surface area contributed by atoms with E-state index in [9.17, 15) is 0 Å². The molecule has 0 saturated carbocycles. The molecule has 0 amide bonds. The van der Waals surface area contributed by atoms with Gasteiger partial charge in [0.2, 0.25) is 17.1 Å². The van der Waals surface area contributed by atoms with E-state index in [1.165, 1.54) is 11.8 Å². The topological polar surface area (TPSA) is 121 Å². The second kappa shape index (κ2) is 5.50. The average Bonchev–Trinajstić information content (AvgIpc) is 3.09. The van der Waals surface area contributed by atoms with E-state index in [1.807, 2.05) is 13.8 Å². The highest BCUT2D eigenvalue weighted by Gasteiger charge is 2.13. The minimum atomic E-state index is 0.246. The number of hydrazine groups is 1. The van der Waals surface area contributed by atoms with Crippen molar-refractivity contribution < 1.29 is 4.42 Å². The summed E-state index contributed by atoms with van der Waals surface area (Å²) in [5.41, 5.74) is 3.24. The molecule has 3 rings (SSSR count). The summed E-state index contributed by atoms with van der Waals surface area (Å²) in [6.07, 6.45) is 4.94. The lowest BCUT2D eigenvalue weighted by Crippen LogP contribution is -2.13. The monoisotopic (exact) mass is 304 g/mol. The molecular weight excluding hydrogens is 292 g/mol. The molecule has 108 valence electrons. The molecular formula is C11H12N8OS. The maximum atomic E-state index is 5.50. The van der Waals surface area contributed by atoms with Crippen LogP contribution < -0.4 is 11.3 Å². The van der Waals surface area contributed by atoms with Gasteiger partial charge in [-0.15, -0.1) is 0 Å². The number of oxazole rings is 1. The van der Waals surface area contributed by atoms with Gasteiger partial charge in [-0.25, -0.2) is 15.8 Å². The first-order chi connectivity index (χ1) is 10.2. The Balaban J connectivity index is 1.96. The quantitative estimate of drug-likeness (QED) is 0.539. The Bertz CT molecular complexity index is 734. The largest absolute Gasteiger partial charge is 0.436 e. The SMILES string of the molecule is Cc1nc(Sc2nc(NN)nc(-n3ccnc3)n2)oc1C. The highest BCUT2D eigenvalue weighted by atomic mass is 32.2. The highest BCUT2D eigenvalue weighted by molar-refractivity contribution is 7.98. The van der Waals surface area contributed by atoms with Gasteiger partial charge < -0.3 is 4.42 Å². The number of nitrogens with one attached hydrogen (secondary N) is 1. The Labute approximate surface area is 124 Å². The van der Waals surface area contributed by atoms with Crippen LogP contribution in [0.5, 0.6) is 0 Å². The normalized spacial score (nSPS) is 10.8. The van der Waals surface area contributed by atoms with Crippen LogP contribution in [0.15, 0.2) is 33.5 Å². The molecule has 0 aliphatic rings. The summed E-state index contributed by atoms with van der Waals surface area (Å²) in [6.45, 7) is 3.73. The fraction of sp³-hybridized carbons (Fsp3) is 0.182. The van der Waals surface area contributed by atoms with E-state index in [-0.39, 0.29) is 5.95 Å². The summed E-state index contributed by atoms with van der Waals surface area (Å²) in [5.74, 6) is 6.80. The van der Waals surface area contributed by atoms with Crippen LogP contribution in [0, 0.1) is 13.8 Å². The van der Waals surface area contributed by atoms with E-state index in [4.69, 9.17) is 10.3 Å². The van der Waals surface area contributed by atoms with Crippen molar-refractivity contribution in [3.05, 3.63) is 30.2 Å². The zero-order valence-corrected chi connectivity index (χ0v) is 12.1. The first-order valence-corrected chi connectivity index (χ1v) is 6.80. The van der Waals surface area contributed by atoms with E-state index < -0.39 is 0 Å². The molecule has 3 N–H and O–H groups in total. The lowest BCUT2D eigenvalue weighted by molar-refractivity contribution is 0.430. The molecule has 0 bridgehead atoms. The third-order valence-corrected chi connectivity index (χ3v) is 3.37. The average molecular weight is 304 g/mol. The number of aromatic nitrogens is 6. The molecule has 0 aliphatic carbocycles. The van der Waals surface area contributed by atoms with E-state index >= 15 is 0 Å². The van der Waals surface area contributed by atoms with Crippen LogP contribution in [-0.4, -0.2) is 29.5 Å². The predicted octanol–water partition coefficient (Wildman–Crippen LogP) is 1.10. The Morgan fingerprint density at radius 2 is 2.10 bits per heavy atom. The third kappa shape index (κ3) is 2.85. The number of nitrogens with two attached hydrogens (primary N) is 1. The molecule has 0 aromatic carbocycles. The molecule has 0 spiro atoms. The Morgan fingerprint density at radius 1 is 1.24 bits per heavy atom. The van der Waals surface area contributed by atoms with E-state index in [0.717, 1.165) is 11.5 Å². The van der Waals surface area contributed by atoms with Crippen molar-refractivity contribution in [2.75, 3.05) is 5.43 Å². The second-order valence-electron chi connectivity index (χ2n) is 4.08. The minimum Gasteiger partial charge on any atom is -0.436 e. The van der Waals surface area contributed by atoms with Gasteiger partial charge in [0.25, 0.3) is 5.22 Å². The standard InChI is InChI=1S/C11H12N8OS/c1-6-7(2)20-11(14-6)21-10-16-8(18-12)15-9(17-10)19-4-3-13-5-19/h3-5H,12H2,1-2H3,(H,15,16,17,18). The molecule has 9 nitrogen and oxygen atoms in total. The van der Waals surface area contributed by atoms with E-state index in [2.05, 4.69) is 30.3 Å².